The molecule has 0 N–H and O–H groups in total. The second-order valence-electron chi connectivity index (χ2n) is 7.96. The normalized spacial score (nSPS) is 15.2. The average molecular weight is 446 g/mol. The van der Waals surface area contributed by atoms with E-state index in [1.165, 1.54) is 33.5 Å². The quantitative estimate of drug-likeness (QED) is 0.531. The highest BCUT2D eigenvalue weighted by molar-refractivity contribution is 7.89. The third-order valence-electron chi connectivity index (χ3n) is 6.36. The number of carbonyl (C=O) groups is 1. The van der Waals surface area contributed by atoms with Gasteiger partial charge in [-0.2, -0.15) is 4.31 Å². The van der Waals surface area contributed by atoms with Gasteiger partial charge in [-0.1, -0.05) is 6.07 Å². The molecule has 9 heteroatoms. The summed E-state index contributed by atoms with van der Waals surface area (Å²) in [6.45, 7) is 10.3. The van der Waals surface area contributed by atoms with Crippen molar-refractivity contribution in [2.75, 3.05) is 26.2 Å². The number of carbonyl (C=O) groups excluding carboxylic acids is 1. The van der Waals surface area contributed by atoms with Crippen LogP contribution in [0.25, 0.3) is 0 Å². The zero-order chi connectivity index (χ0) is 23.1. The summed E-state index contributed by atoms with van der Waals surface area (Å²) in [5.41, 5.74) is 4.64. The molecule has 1 fully saturated rings. The summed E-state index contributed by atoms with van der Waals surface area (Å²) < 4.78 is 28.3. The minimum absolute atomic E-state index is 0.150. The van der Waals surface area contributed by atoms with Crippen LogP contribution in [0.4, 0.5) is 5.69 Å². The molecule has 31 heavy (non-hydrogen) atoms. The number of non-ortho nitro benzene ring substituents is 1. The van der Waals surface area contributed by atoms with E-state index in [4.69, 9.17) is 0 Å². The summed E-state index contributed by atoms with van der Waals surface area (Å²) in [4.78, 5) is 25.1. The molecule has 2 aromatic carbocycles. The van der Waals surface area contributed by atoms with Crippen LogP contribution in [-0.4, -0.2) is 54.6 Å². The summed E-state index contributed by atoms with van der Waals surface area (Å²) in [5.74, 6) is -0.338. The Labute approximate surface area is 182 Å². The second kappa shape index (κ2) is 8.39. The highest BCUT2D eigenvalue weighted by Gasteiger charge is 2.33. The molecule has 0 saturated carbocycles. The van der Waals surface area contributed by atoms with Crippen molar-refractivity contribution < 1.29 is 18.1 Å². The van der Waals surface area contributed by atoms with Crippen LogP contribution in [0.5, 0.6) is 0 Å². The Kier molecular flexibility index (Phi) is 6.20. The fourth-order valence-corrected chi connectivity index (χ4v) is 6.03. The van der Waals surface area contributed by atoms with E-state index in [9.17, 15) is 23.3 Å². The number of benzene rings is 2. The van der Waals surface area contributed by atoms with Gasteiger partial charge in [-0.15, -0.1) is 0 Å². The number of amides is 1. The number of sulfonamides is 1. The molecule has 1 aliphatic rings. The van der Waals surface area contributed by atoms with Crippen LogP contribution in [-0.2, 0) is 10.0 Å². The fraction of sp³-hybridized carbons (Fsp3) is 0.409. The Morgan fingerprint density at radius 2 is 1.42 bits per heavy atom. The van der Waals surface area contributed by atoms with E-state index >= 15 is 0 Å². The highest BCUT2D eigenvalue weighted by atomic mass is 32.2. The molecule has 0 aliphatic carbocycles. The Hall–Kier alpha value is -2.78. The van der Waals surface area contributed by atoms with Gasteiger partial charge in [0, 0.05) is 43.9 Å². The SMILES string of the molecule is Cc1c(C)c(C)c(S(=O)(=O)N2CCN(C(=O)c3cccc([N+](=O)[O-])c3)CC2)c(C)c1C. The first kappa shape index (κ1) is 22.9. The molecule has 0 radical (unpaired) electrons. The molecule has 0 aromatic heterocycles. The van der Waals surface area contributed by atoms with Crippen molar-refractivity contribution in [2.45, 2.75) is 39.5 Å². The largest absolute Gasteiger partial charge is 0.336 e. The molecule has 0 spiro atoms. The van der Waals surface area contributed by atoms with Crippen LogP contribution in [0, 0.1) is 44.7 Å². The molecule has 3 rings (SSSR count). The lowest BCUT2D eigenvalue weighted by Gasteiger charge is -2.35. The predicted octanol–water partition coefficient (Wildman–Crippen LogP) is 3.28. The van der Waals surface area contributed by atoms with Gasteiger partial charge in [0.05, 0.1) is 9.82 Å². The van der Waals surface area contributed by atoms with Crippen LogP contribution >= 0.6 is 0 Å². The lowest BCUT2D eigenvalue weighted by Crippen LogP contribution is -2.50. The van der Waals surface area contributed by atoms with Gasteiger partial charge in [-0.25, -0.2) is 8.42 Å². The van der Waals surface area contributed by atoms with Crippen molar-refractivity contribution in [1.82, 2.24) is 9.21 Å². The summed E-state index contributed by atoms with van der Waals surface area (Å²) in [5, 5.41) is 11.0. The molecule has 1 aliphatic heterocycles. The summed E-state index contributed by atoms with van der Waals surface area (Å²) >= 11 is 0. The molecule has 2 aromatic rings. The predicted molar refractivity (Wildman–Crippen MR) is 118 cm³/mol. The van der Waals surface area contributed by atoms with Crippen molar-refractivity contribution >= 4 is 21.6 Å². The molecular weight excluding hydrogens is 418 g/mol. The molecular formula is C22H27N3O5S. The van der Waals surface area contributed by atoms with Gasteiger partial charge in [-0.3, -0.25) is 14.9 Å². The highest BCUT2D eigenvalue weighted by Crippen LogP contribution is 2.32. The average Bonchev–Trinajstić information content (AvgIpc) is 2.76. The smallest absolute Gasteiger partial charge is 0.270 e. The van der Waals surface area contributed by atoms with Crippen molar-refractivity contribution in [3.63, 3.8) is 0 Å². The van der Waals surface area contributed by atoms with E-state index < -0.39 is 14.9 Å². The van der Waals surface area contributed by atoms with Gasteiger partial charge >= 0.3 is 0 Å². The van der Waals surface area contributed by atoms with Crippen molar-refractivity contribution in [2.24, 2.45) is 0 Å². The Morgan fingerprint density at radius 1 is 0.903 bits per heavy atom. The number of nitrogens with zero attached hydrogens (tertiary/aromatic N) is 3. The van der Waals surface area contributed by atoms with Gasteiger partial charge in [0.15, 0.2) is 0 Å². The molecule has 1 heterocycles. The molecule has 1 amide bonds. The van der Waals surface area contributed by atoms with Gasteiger partial charge < -0.3 is 4.90 Å². The first-order chi connectivity index (χ1) is 14.5. The second-order valence-corrected chi connectivity index (χ2v) is 9.83. The van der Waals surface area contributed by atoms with E-state index in [0.717, 1.165) is 27.8 Å². The minimum atomic E-state index is -3.71. The fourth-order valence-electron chi connectivity index (χ4n) is 4.05. The van der Waals surface area contributed by atoms with Crippen LogP contribution in [0.15, 0.2) is 29.2 Å². The van der Waals surface area contributed by atoms with Crippen LogP contribution in [0.2, 0.25) is 0 Å². The molecule has 8 nitrogen and oxygen atoms in total. The van der Waals surface area contributed by atoms with Crippen molar-refractivity contribution in [1.29, 1.82) is 0 Å². The van der Waals surface area contributed by atoms with E-state index in [1.54, 1.807) is 0 Å². The zero-order valence-electron chi connectivity index (χ0n) is 18.4. The number of nitro benzene ring substituents is 1. The van der Waals surface area contributed by atoms with E-state index in [2.05, 4.69) is 0 Å². The lowest BCUT2D eigenvalue weighted by molar-refractivity contribution is -0.384. The minimum Gasteiger partial charge on any atom is -0.336 e. The number of hydrogen-bond acceptors (Lipinski definition) is 5. The molecule has 0 unspecified atom stereocenters. The molecule has 1 saturated heterocycles. The molecule has 0 atom stereocenters. The maximum Gasteiger partial charge on any atom is 0.270 e. The Balaban J connectivity index is 1.82. The summed E-state index contributed by atoms with van der Waals surface area (Å²) in [6, 6.07) is 5.58. The Morgan fingerprint density at radius 3 is 1.94 bits per heavy atom. The standard InChI is InChI=1S/C22H27N3O5S/c1-14-15(2)17(4)21(18(5)16(14)3)31(29,30)24-11-9-23(10-12-24)22(26)19-7-6-8-20(13-19)25(27)28/h6-8,13H,9-12H2,1-5H3. The van der Waals surface area contributed by atoms with E-state index in [0.29, 0.717) is 4.90 Å². The maximum absolute atomic E-state index is 13.5. The van der Waals surface area contributed by atoms with Crippen LogP contribution in [0.3, 0.4) is 0 Å². The van der Waals surface area contributed by atoms with Crippen LogP contribution < -0.4 is 0 Å². The zero-order valence-corrected chi connectivity index (χ0v) is 19.2. The lowest BCUT2D eigenvalue weighted by atomic mass is 9.95. The van der Waals surface area contributed by atoms with E-state index in [1.807, 2.05) is 34.6 Å². The van der Waals surface area contributed by atoms with Gasteiger partial charge in [0.1, 0.15) is 0 Å². The Bertz CT molecular complexity index is 1140. The molecule has 0 bridgehead atoms. The maximum atomic E-state index is 13.5. The third-order valence-corrected chi connectivity index (χ3v) is 8.53. The van der Waals surface area contributed by atoms with E-state index in [-0.39, 0.29) is 43.3 Å². The first-order valence-corrected chi connectivity index (χ1v) is 11.5. The van der Waals surface area contributed by atoms with Gasteiger partial charge in [0.25, 0.3) is 11.6 Å². The number of piperazine rings is 1. The monoisotopic (exact) mass is 445 g/mol. The van der Waals surface area contributed by atoms with Crippen LogP contribution in [0.1, 0.15) is 38.2 Å². The van der Waals surface area contributed by atoms with Crippen molar-refractivity contribution in [3.8, 4) is 0 Å². The first-order valence-electron chi connectivity index (χ1n) is 10.1. The summed E-state index contributed by atoms with van der Waals surface area (Å²) in [7, 11) is -3.71. The van der Waals surface area contributed by atoms with Crippen molar-refractivity contribution in [3.05, 3.63) is 67.8 Å². The van der Waals surface area contributed by atoms with Gasteiger partial charge in [-0.05, 0) is 68.5 Å². The molecule has 166 valence electrons. The van der Waals surface area contributed by atoms with Gasteiger partial charge in [0.2, 0.25) is 10.0 Å². The third kappa shape index (κ3) is 4.07. The number of rotatable bonds is 4. The topological polar surface area (TPSA) is 101 Å². The number of hydrogen-bond donors (Lipinski definition) is 0. The summed E-state index contributed by atoms with van der Waals surface area (Å²) in [6.07, 6.45) is 0. The number of nitro groups is 1.